The molecule has 2 aromatic carbocycles. The molecule has 0 atom stereocenters. The van der Waals surface area contributed by atoms with Gasteiger partial charge in [-0.25, -0.2) is 13.1 Å². The van der Waals surface area contributed by atoms with Crippen LogP contribution in [0.2, 0.25) is 0 Å². The van der Waals surface area contributed by atoms with Gasteiger partial charge in [0.1, 0.15) is 0 Å². The van der Waals surface area contributed by atoms with Crippen molar-refractivity contribution in [2.45, 2.75) is 51.9 Å². The zero-order valence-electron chi connectivity index (χ0n) is 16.4. The van der Waals surface area contributed by atoms with Crippen molar-refractivity contribution in [2.75, 3.05) is 11.9 Å². The van der Waals surface area contributed by atoms with Gasteiger partial charge in [-0.2, -0.15) is 0 Å². The van der Waals surface area contributed by atoms with E-state index in [9.17, 15) is 13.2 Å². The third-order valence-electron chi connectivity index (χ3n) is 4.36. The number of carbonyl (C=O) groups excluding carboxylic acids is 1. The van der Waals surface area contributed by atoms with Gasteiger partial charge in [-0.3, -0.25) is 4.79 Å². The number of hydrogen-bond donors (Lipinski definition) is 2. The molecule has 0 unspecified atom stereocenters. The van der Waals surface area contributed by atoms with E-state index < -0.39 is 10.0 Å². The van der Waals surface area contributed by atoms with Crippen molar-refractivity contribution in [3.05, 3.63) is 58.7 Å². The molecule has 6 heteroatoms. The molecule has 27 heavy (non-hydrogen) atoms. The Kier molecular flexibility index (Phi) is 7.16. The van der Waals surface area contributed by atoms with E-state index in [1.807, 2.05) is 39.8 Å². The number of sulfonamides is 1. The number of hydrogen-bond acceptors (Lipinski definition) is 3. The molecular formula is C21H28N2O3S. The largest absolute Gasteiger partial charge is 0.326 e. The number of carbonyl (C=O) groups is 1. The van der Waals surface area contributed by atoms with E-state index in [0.29, 0.717) is 19.4 Å². The first kappa shape index (κ1) is 21.1. The Balaban J connectivity index is 1.96. The molecule has 0 spiro atoms. The van der Waals surface area contributed by atoms with E-state index in [1.165, 1.54) is 5.56 Å². The summed E-state index contributed by atoms with van der Waals surface area (Å²) in [4.78, 5) is 12.5. The van der Waals surface area contributed by atoms with E-state index in [2.05, 4.69) is 10.0 Å². The zero-order chi connectivity index (χ0) is 20.0. The molecule has 2 rings (SSSR count). The highest BCUT2D eigenvalue weighted by molar-refractivity contribution is 7.89. The first-order chi connectivity index (χ1) is 12.7. The maximum absolute atomic E-state index is 12.3. The van der Waals surface area contributed by atoms with Crippen molar-refractivity contribution < 1.29 is 13.2 Å². The Hall–Kier alpha value is -2.18. The molecule has 0 heterocycles. The third kappa shape index (κ3) is 5.91. The molecule has 0 aromatic heterocycles. The quantitative estimate of drug-likeness (QED) is 0.721. The number of amides is 1. The third-order valence-corrected chi connectivity index (χ3v) is 5.83. The van der Waals surface area contributed by atoms with Crippen LogP contribution in [0, 0.1) is 20.8 Å². The van der Waals surface area contributed by atoms with Crippen molar-refractivity contribution in [1.82, 2.24) is 4.72 Å². The number of rotatable bonds is 8. The van der Waals surface area contributed by atoms with Gasteiger partial charge in [0.25, 0.3) is 0 Å². The lowest BCUT2D eigenvalue weighted by molar-refractivity contribution is -0.116. The summed E-state index contributed by atoms with van der Waals surface area (Å²) in [6, 6.07) is 10.8. The standard InChI is InChI=1S/C21H28N2O3S/c1-5-12-22-27(25,26)19-9-6-18(7-10-19)8-11-20(24)23-21-16(3)13-15(2)14-17(21)4/h6-7,9-10,13-14,22H,5,8,11-12H2,1-4H3,(H,23,24). The minimum absolute atomic E-state index is 0.0497. The van der Waals surface area contributed by atoms with Crippen LogP contribution in [0.1, 0.15) is 42.0 Å². The second-order valence-corrected chi connectivity index (χ2v) is 8.63. The predicted molar refractivity (Wildman–Crippen MR) is 110 cm³/mol. The maximum atomic E-state index is 12.3. The van der Waals surface area contributed by atoms with Crippen molar-refractivity contribution >= 4 is 21.6 Å². The Morgan fingerprint density at radius 2 is 1.59 bits per heavy atom. The van der Waals surface area contributed by atoms with E-state index >= 15 is 0 Å². The van der Waals surface area contributed by atoms with E-state index in [0.717, 1.165) is 28.8 Å². The smallest absolute Gasteiger partial charge is 0.240 e. The van der Waals surface area contributed by atoms with Gasteiger partial charge in [-0.05, 0) is 62.4 Å². The molecule has 1 amide bonds. The molecule has 0 aliphatic heterocycles. The minimum atomic E-state index is -3.45. The van der Waals surface area contributed by atoms with Gasteiger partial charge >= 0.3 is 0 Å². The van der Waals surface area contributed by atoms with Crippen molar-refractivity contribution in [1.29, 1.82) is 0 Å². The number of anilines is 1. The predicted octanol–water partition coefficient (Wildman–Crippen LogP) is 3.87. The summed E-state index contributed by atoms with van der Waals surface area (Å²) in [6.07, 6.45) is 1.64. The summed E-state index contributed by atoms with van der Waals surface area (Å²) in [5.74, 6) is -0.0497. The van der Waals surface area contributed by atoms with Gasteiger partial charge in [0.05, 0.1) is 4.90 Å². The fourth-order valence-corrected chi connectivity index (χ4v) is 4.13. The van der Waals surface area contributed by atoms with Crippen LogP contribution in [0.15, 0.2) is 41.3 Å². The highest BCUT2D eigenvalue weighted by Crippen LogP contribution is 2.22. The van der Waals surface area contributed by atoms with Gasteiger partial charge in [0.2, 0.25) is 15.9 Å². The second-order valence-electron chi connectivity index (χ2n) is 6.86. The normalized spacial score (nSPS) is 11.4. The van der Waals surface area contributed by atoms with Crippen LogP contribution in [-0.2, 0) is 21.2 Å². The second kappa shape index (κ2) is 9.15. The van der Waals surface area contributed by atoms with Crippen molar-refractivity contribution in [3.63, 3.8) is 0 Å². The van der Waals surface area contributed by atoms with E-state index in [1.54, 1.807) is 24.3 Å². The molecule has 0 saturated carbocycles. The molecule has 2 aromatic rings. The molecule has 0 radical (unpaired) electrons. The average molecular weight is 389 g/mol. The summed E-state index contributed by atoms with van der Waals surface area (Å²) in [6.45, 7) is 8.34. The van der Waals surface area contributed by atoms with Gasteiger partial charge in [0.15, 0.2) is 0 Å². The fourth-order valence-electron chi connectivity index (χ4n) is 2.99. The van der Waals surface area contributed by atoms with Crippen LogP contribution >= 0.6 is 0 Å². The molecular weight excluding hydrogens is 360 g/mol. The Morgan fingerprint density at radius 1 is 1.00 bits per heavy atom. The molecule has 146 valence electrons. The molecule has 0 saturated heterocycles. The van der Waals surface area contributed by atoms with Crippen LogP contribution in [0.25, 0.3) is 0 Å². The maximum Gasteiger partial charge on any atom is 0.240 e. The minimum Gasteiger partial charge on any atom is -0.326 e. The highest BCUT2D eigenvalue weighted by atomic mass is 32.2. The van der Waals surface area contributed by atoms with Crippen LogP contribution in [0.5, 0.6) is 0 Å². The lowest BCUT2D eigenvalue weighted by Gasteiger charge is -2.13. The summed E-state index contributed by atoms with van der Waals surface area (Å²) in [5.41, 5.74) is 5.07. The Morgan fingerprint density at radius 3 is 2.15 bits per heavy atom. The number of benzene rings is 2. The van der Waals surface area contributed by atoms with Crippen LogP contribution in [-0.4, -0.2) is 20.9 Å². The van der Waals surface area contributed by atoms with Gasteiger partial charge < -0.3 is 5.32 Å². The molecule has 0 bridgehead atoms. The van der Waals surface area contributed by atoms with Crippen LogP contribution in [0.4, 0.5) is 5.69 Å². The molecule has 2 N–H and O–H groups in total. The summed E-state index contributed by atoms with van der Waals surface area (Å²) < 4.78 is 26.7. The fraction of sp³-hybridized carbons (Fsp3) is 0.381. The topological polar surface area (TPSA) is 75.3 Å². The summed E-state index contributed by atoms with van der Waals surface area (Å²) >= 11 is 0. The SMILES string of the molecule is CCCNS(=O)(=O)c1ccc(CCC(=O)Nc2c(C)cc(C)cc2C)cc1. The molecule has 0 fully saturated rings. The highest BCUT2D eigenvalue weighted by Gasteiger charge is 2.13. The molecule has 5 nitrogen and oxygen atoms in total. The van der Waals surface area contributed by atoms with Gasteiger partial charge in [-0.15, -0.1) is 0 Å². The van der Waals surface area contributed by atoms with Crippen LogP contribution in [0.3, 0.4) is 0 Å². The van der Waals surface area contributed by atoms with Crippen LogP contribution < -0.4 is 10.0 Å². The van der Waals surface area contributed by atoms with E-state index in [-0.39, 0.29) is 10.8 Å². The first-order valence-corrected chi connectivity index (χ1v) is 10.7. The lowest BCUT2D eigenvalue weighted by Crippen LogP contribution is -2.24. The lowest BCUT2D eigenvalue weighted by atomic mass is 10.0. The Labute approximate surface area is 162 Å². The first-order valence-electron chi connectivity index (χ1n) is 9.19. The van der Waals surface area contributed by atoms with Gasteiger partial charge in [-0.1, -0.05) is 36.8 Å². The van der Waals surface area contributed by atoms with Crippen molar-refractivity contribution in [2.24, 2.45) is 0 Å². The number of nitrogens with one attached hydrogen (secondary N) is 2. The van der Waals surface area contributed by atoms with Crippen molar-refractivity contribution in [3.8, 4) is 0 Å². The molecule has 0 aliphatic carbocycles. The summed E-state index contributed by atoms with van der Waals surface area (Å²) in [5, 5.41) is 2.99. The Bertz CT molecular complexity index is 881. The zero-order valence-corrected chi connectivity index (χ0v) is 17.2. The average Bonchev–Trinajstić information content (AvgIpc) is 2.61. The number of aryl methyl sites for hydroxylation is 4. The molecule has 0 aliphatic rings. The van der Waals surface area contributed by atoms with E-state index in [4.69, 9.17) is 0 Å². The van der Waals surface area contributed by atoms with Gasteiger partial charge in [0, 0.05) is 18.7 Å². The summed E-state index contributed by atoms with van der Waals surface area (Å²) in [7, 11) is -3.45. The monoisotopic (exact) mass is 388 g/mol.